The highest BCUT2D eigenvalue weighted by Crippen LogP contribution is 2.32. The molecule has 1 aromatic rings. The number of unbranched alkanes of at least 4 members (excludes halogenated alkanes) is 2. The smallest absolute Gasteiger partial charge is 0.335 e. The van der Waals surface area contributed by atoms with Gasteiger partial charge < -0.3 is 10.0 Å². The lowest BCUT2D eigenvalue weighted by Gasteiger charge is -2.28. The van der Waals surface area contributed by atoms with Crippen molar-refractivity contribution in [3.8, 4) is 0 Å². The average Bonchev–Trinajstić information content (AvgIpc) is 2.50. The number of benzene rings is 1. The highest BCUT2D eigenvalue weighted by Gasteiger charge is 2.16. The lowest BCUT2D eigenvalue weighted by molar-refractivity contribution is 0.0696. The topological polar surface area (TPSA) is 40.5 Å². The maximum atomic E-state index is 11.4. The van der Waals surface area contributed by atoms with Crippen LogP contribution in [0.1, 0.15) is 62.4 Å². The molecule has 0 fully saturated rings. The first-order chi connectivity index (χ1) is 10.5. The van der Waals surface area contributed by atoms with Gasteiger partial charge in [0.05, 0.1) is 5.56 Å². The Balaban J connectivity index is 3.22. The maximum Gasteiger partial charge on any atom is 0.335 e. The first kappa shape index (κ1) is 18.9. The van der Waals surface area contributed by atoms with Crippen LogP contribution < -0.4 is 4.90 Å². The molecule has 0 bridgehead atoms. The van der Waals surface area contributed by atoms with Crippen molar-refractivity contribution in [3.63, 3.8) is 0 Å². The Morgan fingerprint density at radius 3 is 2.18 bits per heavy atom. The molecule has 0 aliphatic rings. The Morgan fingerprint density at radius 1 is 1.14 bits per heavy atom. The Labute approximate surface area is 139 Å². The van der Waals surface area contributed by atoms with Crippen LogP contribution in [0.15, 0.2) is 17.0 Å². The summed E-state index contributed by atoms with van der Waals surface area (Å²) >= 11 is 1.72. The van der Waals surface area contributed by atoms with Crippen LogP contribution >= 0.6 is 11.8 Å². The molecule has 0 radical (unpaired) electrons. The standard InChI is InChI=1S/C18H29NO2S/c1-5-8-10-19(11-9-6-2)16-12-15(18(20)21)13-17(14(16)4)22-7-3/h12-13H,5-11H2,1-4H3,(H,20,21). The second kappa shape index (κ2) is 9.78. The number of carbonyl (C=O) groups is 1. The SMILES string of the molecule is CCCCN(CCCC)c1cc(C(=O)O)cc(SCC)c1C. The minimum absolute atomic E-state index is 0.398. The molecule has 0 saturated heterocycles. The van der Waals surface area contributed by atoms with Gasteiger partial charge in [-0.3, -0.25) is 0 Å². The molecule has 1 aromatic carbocycles. The van der Waals surface area contributed by atoms with E-state index in [-0.39, 0.29) is 0 Å². The van der Waals surface area contributed by atoms with Gasteiger partial charge in [-0.05, 0) is 43.2 Å². The number of anilines is 1. The zero-order valence-electron chi connectivity index (χ0n) is 14.3. The third kappa shape index (κ3) is 5.24. The zero-order valence-corrected chi connectivity index (χ0v) is 15.1. The molecule has 0 aromatic heterocycles. The van der Waals surface area contributed by atoms with Crippen molar-refractivity contribution in [2.45, 2.75) is 58.3 Å². The third-order valence-corrected chi connectivity index (χ3v) is 4.81. The molecule has 22 heavy (non-hydrogen) atoms. The van der Waals surface area contributed by atoms with E-state index in [9.17, 15) is 9.90 Å². The van der Waals surface area contributed by atoms with Crippen molar-refractivity contribution in [1.29, 1.82) is 0 Å². The van der Waals surface area contributed by atoms with Crippen molar-refractivity contribution >= 4 is 23.4 Å². The molecular formula is C18H29NO2S. The largest absolute Gasteiger partial charge is 0.478 e. The molecule has 0 aliphatic heterocycles. The van der Waals surface area contributed by atoms with Crippen LogP contribution in [0.2, 0.25) is 0 Å². The Hall–Kier alpha value is -1.16. The van der Waals surface area contributed by atoms with Crippen LogP contribution in [0.4, 0.5) is 5.69 Å². The van der Waals surface area contributed by atoms with Gasteiger partial charge in [-0.15, -0.1) is 11.8 Å². The number of thioether (sulfide) groups is 1. The lowest BCUT2D eigenvalue weighted by atomic mass is 10.1. The van der Waals surface area contributed by atoms with Gasteiger partial charge in [0.15, 0.2) is 0 Å². The summed E-state index contributed by atoms with van der Waals surface area (Å²) in [5.74, 6) is 0.109. The summed E-state index contributed by atoms with van der Waals surface area (Å²) in [5, 5.41) is 9.40. The van der Waals surface area contributed by atoms with Crippen LogP contribution in [-0.4, -0.2) is 29.9 Å². The highest BCUT2D eigenvalue weighted by atomic mass is 32.2. The van der Waals surface area contributed by atoms with Gasteiger partial charge in [0.1, 0.15) is 0 Å². The number of carboxylic acid groups (broad SMARTS) is 1. The van der Waals surface area contributed by atoms with Crippen LogP contribution in [0, 0.1) is 6.92 Å². The van der Waals surface area contributed by atoms with E-state index >= 15 is 0 Å². The van der Waals surface area contributed by atoms with E-state index in [1.54, 1.807) is 11.8 Å². The molecule has 0 unspecified atom stereocenters. The Bertz CT molecular complexity index is 480. The Kier molecular flexibility index (Phi) is 8.39. The monoisotopic (exact) mass is 323 g/mol. The fourth-order valence-electron chi connectivity index (χ4n) is 2.48. The molecule has 1 N–H and O–H groups in total. The molecule has 0 atom stereocenters. The van der Waals surface area contributed by atoms with E-state index in [1.165, 1.54) is 5.56 Å². The summed E-state index contributed by atoms with van der Waals surface area (Å²) in [7, 11) is 0. The number of hydrogen-bond donors (Lipinski definition) is 1. The van der Waals surface area contributed by atoms with Gasteiger partial charge in [-0.2, -0.15) is 0 Å². The lowest BCUT2D eigenvalue weighted by Crippen LogP contribution is -2.27. The number of rotatable bonds is 10. The van der Waals surface area contributed by atoms with Gasteiger partial charge in [-0.1, -0.05) is 33.6 Å². The van der Waals surface area contributed by atoms with E-state index in [2.05, 4.69) is 32.6 Å². The maximum absolute atomic E-state index is 11.4. The minimum Gasteiger partial charge on any atom is -0.478 e. The van der Waals surface area contributed by atoms with Gasteiger partial charge in [-0.25, -0.2) is 4.79 Å². The van der Waals surface area contributed by atoms with Crippen LogP contribution in [0.25, 0.3) is 0 Å². The summed E-state index contributed by atoms with van der Waals surface area (Å²) in [6.07, 6.45) is 4.57. The molecular weight excluding hydrogens is 294 g/mol. The number of aromatic carboxylic acids is 1. The molecule has 124 valence electrons. The van der Waals surface area contributed by atoms with E-state index in [1.807, 2.05) is 12.1 Å². The third-order valence-electron chi connectivity index (χ3n) is 3.78. The van der Waals surface area contributed by atoms with E-state index in [4.69, 9.17) is 0 Å². The summed E-state index contributed by atoms with van der Waals surface area (Å²) in [5.41, 5.74) is 2.70. The van der Waals surface area contributed by atoms with Gasteiger partial charge >= 0.3 is 5.97 Å². The summed E-state index contributed by atoms with van der Waals surface area (Å²) in [4.78, 5) is 14.9. The number of carboxylic acids is 1. The number of hydrogen-bond acceptors (Lipinski definition) is 3. The van der Waals surface area contributed by atoms with Crippen molar-refractivity contribution in [3.05, 3.63) is 23.3 Å². The normalized spacial score (nSPS) is 10.7. The molecule has 0 heterocycles. The molecule has 0 saturated carbocycles. The summed E-state index contributed by atoms with van der Waals surface area (Å²) < 4.78 is 0. The van der Waals surface area contributed by atoms with Crippen LogP contribution in [-0.2, 0) is 0 Å². The second-order valence-corrected chi connectivity index (χ2v) is 6.86. The summed E-state index contributed by atoms with van der Waals surface area (Å²) in [6.45, 7) is 10.6. The minimum atomic E-state index is -0.842. The van der Waals surface area contributed by atoms with E-state index in [0.717, 1.165) is 55.1 Å². The van der Waals surface area contributed by atoms with Crippen molar-refractivity contribution < 1.29 is 9.90 Å². The average molecular weight is 324 g/mol. The molecule has 1 rings (SSSR count). The summed E-state index contributed by atoms with van der Waals surface area (Å²) in [6, 6.07) is 3.66. The van der Waals surface area contributed by atoms with Crippen molar-refractivity contribution in [2.75, 3.05) is 23.7 Å². The number of nitrogens with zero attached hydrogens (tertiary/aromatic N) is 1. The van der Waals surface area contributed by atoms with E-state index < -0.39 is 5.97 Å². The van der Waals surface area contributed by atoms with Crippen LogP contribution in [0.5, 0.6) is 0 Å². The second-order valence-electron chi connectivity index (χ2n) is 5.55. The molecule has 0 aliphatic carbocycles. The quantitative estimate of drug-likeness (QED) is 0.600. The van der Waals surface area contributed by atoms with Gasteiger partial charge in [0, 0.05) is 23.7 Å². The first-order valence-corrected chi connectivity index (χ1v) is 9.29. The van der Waals surface area contributed by atoms with Gasteiger partial charge in [0.25, 0.3) is 0 Å². The van der Waals surface area contributed by atoms with Gasteiger partial charge in [0.2, 0.25) is 0 Å². The molecule has 4 heteroatoms. The predicted octanol–water partition coefficient (Wildman–Crippen LogP) is 5.21. The fraction of sp³-hybridized carbons (Fsp3) is 0.611. The first-order valence-electron chi connectivity index (χ1n) is 8.30. The fourth-order valence-corrected chi connectivity index (χ4v) is 3.32. The van der Waals surface area contributed by atoms with Crippen molar-refractivity contribution in [2.24, 2.45) is 0 Å². The molecule has 3 nitrogen and oxygen atoms in total. The Morgan fingerprint density at radius 2 is 1.73 bits per heavy atom. The highest BCUT2D eigenvalue weighted by molar-refractivity contribution is 7.99. The predicted molar refractivity (Wildman–Crippen MR) is 96.6 cm³/mol. The van der Waals surface area contributed by atoms with Crippen molar-refractivity contribution in [1.82, 2.24) is 0 Å². The molecule has 0 spiro atoms. The van der Waals surface area contributed by atoms with Crippen LogP contribution in [0.3, 0.4) is 0 Å². The zero-order chi connectivity index (χ0) is 16.5. The molecule has 0 amide bonds. The van der Waals surface area contributed by atoms with E-state index in [0.29, 0.717) is 5.56 Å².